The molecule has 6 nitrogen and oxygen atoms in total. The van der Waals surface area contributed by atoms with Gasteiger partial charge in [0.05, 0.1) is 5.54 Å². The lowest BCUT2D eigenvalue weighted by molar-refractivity contribution is 0.0640. The fourth-order valence-corrected chi connectivity index (χ4v) is 2.23. The maximum absolute atomic E-state index is 12.6. The summed E-state index contributed by atoms with van der Waals surface area (Å²) in [5.41, 5.74) is 2.48. The third-order valence-electron chi connectivity index (χ3n) is 3.45. The highest BCUT2D eigenvalue weighted by molar-refractivity contribution is 6.30. The average Bonchev–Trinajstić information content (AvgIpc) is 2.59. The first kappa shape index (κ1) is 19.5. The van der Waals surface area contributed by atoms with Crippen LogP contribution in [0.3, 0.4) is 0 Å². The molecule has 0 bridgehead atoms. The lowest BCUT2D eigenvalue weighted by atomic mass is 10.1. The number of halogens is 1. The van der Waals surface area contributed by atoms with E-state index < -0.39 is 23.4 Å². The molecule has 2 rings (SSSR count). The van der Waals surface area contributed by atoms with Gasteiger partial charge in [-0.25, -0.2) is 9.80 Å². The highest BCUT2D eigenvalue weighted by Gasteiger charge is 2.30. The Bertz CT molecular complexity index is 799. The molecule has 0 aliphatic heterocycles. The topological polar surface area (TPSA) is 78.5 Å². The maximum Gasteiger partial charge on any atom is 0.343 e. The van der Waals surface area contributed by atoms with Gasteiger partial charge in [-0.1, -0.05) is 29.8 Å². The van der Waals surface area contributed by atoms with E-state index in [1.807, 2.05) is 0 Å². The maximum atomic E-state index is 12.6. The molecule has 0 spiro atoms. The summed E-state index contributed by atoms with van der Waals surface area (Å²) < 4.78 is 0. The Labute approximate surface area is 157 Å². The molecule has 26 heavy (non-hydrogen) atoms. The minimum absolute atomic E-state index is 0.283. The summed E-state index contributed by atoms with van der Waals surface area (Å²) in [6, 6.07) is 13.9. The van der Waals surface area contributed by atoms with Gasteiger partial charge in [0, 0.05) is 16.1 Å². The molecule has 0 aliphatic rings. The normalized spacial score (nSPS) is 10.8. The van der Waals surface area contributed by atoms with Crippen LogP contribution >= 0.6 is 11.6 Å². The van der Waals surface area contributed by atoms with Gasteiger partial charge in [-0.15, -0.1) is 0 Å². The van der Waals surface area contributed by atoms with Crippen LogP contribution in [0.4, 0.5) is 4.79 Å². The summed E-state index contributed by atoms with van der Waals surface area (Å²) in [6.07, 6.45) is 0. The molecule has 2 N–H and O–H groups in total. The monoisotopic (exact) mass is 373 g/mol. The van der Waals surface area contributed by atoms with E-state index in [-0.39, 0.29) is 5.56 Å². The quantitative estimate of drug-likeness (QED) is 0.789. The molecule has 0 atom stereocenters. The SMILES string of the molecule is CC(C)(C)N(NC(=O)c1ccccc1)C(=O)NC(=O)c1ccc(Cl)cc1. The van der Waals surface area contributed by atoms with Crippen molar-refractivity contribution in [2.24, 2.45) is 0 Å². The van der Waals surface area contributed by atoms with Gasteiger partial charge in [0.2, 0.25) is 0 Å². The van der Waals surface area contributed by atoms with E-state index in [0.29, 0.717) is 10.6 Å². The zero-order chi connectivity index (χ0) is 19.3. The van der Waals surface area contributed by atoms with Crippen molar-refractivity contribution in [1.82, 2.24) is 15.8 Å². The summed E-state index contributed by atoms with van der Waals surface area (Å²) in [7, 11) is 0. The van der Waals surface area contributed by atoms with Crippen LogP contribution in [0.5, 0.6) is 0 Å². The third kappa shape index (κ3) is 5.07. The van der Waals surface area contributed by atoms with Gasteiger partial charge in [0.15, 0.2) is 0 Å². The molecule has 2 aromatic rings. The first-order valence-corrected chi connectivity index (χ1v) is 8.33. The van der Waals surface area contributed by atoms with E-state index >= 15 is 0 Å². The number of urea groups is 1. The predicted molar refractivity (Wildman–Crippen MR) is 99.8 cm³/mol. The Balaban J connectivity index is 2.13. The second-order valence-electron chi connectivity index (χ2n) is 6.58. The zero-order valence-corrected chi connectivity index (χ0v) is 15.5. The summed E-state index contributed by atoms with van der Waals surface area (Å²) in [6.45, 7) is 5.22. The number of nitrogens with zero attached hydrogens (tertiary/aromatic N) is 1. The Morgan fingerprint density at radius 3 is 1.92 bits per heavy atom. The number of hydrazine groups is 1. The summed E-state index contributed by atoms with van der Waals surface area (Å²) in [4.78, 5) is 37.2. The molecule has 0 aliphatic carbocycles. The van der Waals surface area contributed by atoms with Crippen LogP contribution in [0, 0.1) is 0 Å². The second kappa shape index (κ2) is 8.01. The fraction of sp³-hybridized carbons (Fsp3) is 0.211. The number of carbonyl (C=O) groups is 3. The molecule has 2 aromatic carbocycles. The van der Waals surface area contributed by atoms with Gasteiger partial charge < -0.3 is 0 Å². The van der Waals surface area contributed by atoms with Crippen molar-refractivity contribution < 1.29 is 14.4 Å². The highest BCUT2D eigenvalue weighted by Crippen LogP contribution is 2.13. The Morgan fingerprint density at radius 1 is 0.846 bits per heavy atom. The number of nitrogens with one attached hydrogen (secondary N) is 2. The highest BCUT2D eigenvalue weighted by atomic mass is 35.5. The standard InChI is InChI=1S/C19H20ClN3O3/c1-19(2,3)23(22-17(25)13-7-5-4-6-8-13)18(26)21-16(24)14-9-11-15(20)12-10-14/h4-12H,1-3H3,(H,22,25)(H,21,24,26). The zero-order valence-electron chi connectivity index (χ0n) is 14.7. The van der Waals surface area contributed by atoms with Gasteiger partial charge in [-0.05, 0) is 57.2 Å². The lowest BCUT2D eigenvalue weighted by Gasteiger charge is -2.35. The van der Waals surface area contributed by atoms with Gasteiger partial charge in [-0.3, -0.25) is 20.3 Å². The molecule has 0 heterocycles. The van der Waals surface area contributed by atoms with Crippen LogP contribution in [-0.4, -0.2) is 28.4 Å². The van der Waals surface area contributed by atoms with E-state index in [9.17, 15) is 14.4 Å². The summed E-state index contributed by atoms with van der Waals surface area (Å²) in [5.74, 6) is -1.04. The van der Waals surface area contributed by atoms with Crippen molar-refractivity contribution in [3.63, 3.8) is 0 Å². The number of imide groups is 1. The number of rotatable bonds is 2. The van der Waals surface area contributed by atoms with E-state index in [1.165, 1.54) is 12.1 Å². The van der Waals surface area contributed by atoms with Crippen LogP contribution in [0.15, 0.2) is 54.6 Å². The molecule has 7 heteroatoms. The smallest absolute Gasteiger partial charge is 0.272 e. The van der Waals surface area contributed by atoms with Crippen LogP contribution in [0.1, 0.15) is 41.5 Å². The van der Waals surface area contributed by atoms with Gasteiger partial charge in [-0.2, -0.15) is 0 Å². The largest absolute Gasteiger partial charge is 0.343 e. The lowest BCUT2D eigenvalue weighted by Crippen LogP contribution is -2.59. The Kier molecular flexibility index (Phi) is 6.00. The third-order valence-corrected chi connectivity index (χ3v) is 3.70. The van der Waals surface area contributed by atoms with Crippen molar-refractivity contribution in [1.29, 1.82) is 0 Å². The minimum Gasteiger partial charge on any atom is -0.272 e. The molecule has 0 saturated carbocycles. The summed E-state index contributed by atoms with van der Waals surface area (Å²) >= 11 is 5.79. The van der Waals surface area contributed by atoms with E-state index in [0.717, 1.165) is 5.01 Å². The van der Waals surface area contributed by atoms with Crippen molar-refractivity contribution in [3.8, 4) is 0 Å². The molecule has 0 aromatic heterocycles. The summed E-state index contributed by atoms with van der Waals surface area (Å²) in [5, 5.41) is 3.85. The first-order valence-electron chi connectivity index (χ1n) is 7.95. The van der Waals surface area contributed by atoms with E-state index in [2.05, 4.69) is 10.7 Å². The Hall–Kier alpha value is -2.86. The van der Waals surface area contributed by atoms with Crippen molar-refractivity contribution >= 4 is 29.4 Å². The molecule has 0 unspecified atom stereocenters. The van der Waals surface area contributed by atoms with Gasteiger partial charge in [0.1, 0.15) is 0 Å². The fourth-order valence-electron chi connectivity index (χ4n) is 2.11. The van der Waals surface area contributed by atoms with Crippen molar-refractivity contribution in [2.75, 3.05) is 0 Å². The van der Waals surface area contributed by atoms with Crippen LogP contribution < -0.4 is 10.7 Å². The van der Waals surface area contributed by atoms with Gasteiger partial charge in [0.25, 0.3) is 11.8 Å². The van der Waals surface area contributed by atoms with Crippen molar-refractivity contribution in [2.45, 2.75) is 26.3 Å². The minimum atomic E-state index is -0.755. The number of amides is 4. The molecule has 136 valence electrons. The van der Waals surface area contributed by atoms with Crippen LogP contribution in [-0.2, 0) is 0 Å². The number of hydrogen-bond acceptors (Lipinski definition) is 3. The molecule has 0 saturated heterocycles. The van der Waals surface area contributed by atoms with E-state index in [1.54, 1.807) is 63.2 Å². The predicted octanol–water partition coefficient (Wildman–Crippen LogP) is 3.64. The van der Waals surface area contributed by atoms with Gasteiger partial charge >= 0.3 is 6.03 Å². The van der Waals surface area contributed by atoms with Crippen molar-refractivity contribution in [3.05, 3.63) is 70.7 Å². The molecular weight excluding hydrogens is 354 g/mol. The molecule has 0 fully saturated rings. The van der Waals surface area contributed by atoms with Crippen LogP contribution in [0.25, 0.3) is 0 Å². The molecule has 4 amide bonds. The second-order valence-corrected chi connectivity index (χ2v) is 7.02. The number of carbonyl (C=O) groups excluding carboxylic acids is 3. The average molecular weight is 374 g/mol. The Morgan fingerprint density at radius 2 is 1.38 bits per heavy atom. The molecular formula is C19H20ClN3O3. The molecule has 0 radical (unpaired) electrons. The van der Waals surface area contributed by atoms with E-state index in [4.69, 9.17) is 11.6 Å². The first-order chi connectivity index (χ1) is 12.2. The number of hydrogen-bond donors (Lipinski definition) is 2. The number of benzene rings is 2. The van der Waals surface area contributed by atoms with Crippen LogP contribution in [0.2, 0.25) is 5.02 Å².